The molecule has 29 heavy (non-hydrogen) atoms. The Hall–Kier alpha value is -3.27. The number of aryl methyl sites for hydroxylation is 1. The number of nitrogens with zero attached hydrogens (tertiary/aromatic N) is 2. The van der Waals surface area contributed by atoms with Crippen LogP contribution >= 0.6 is 0 Å². The van der Waals surface area contributed by atoms with Crippen LogP contribution in [0.4, 0.5) is 0 Å². The molecule has 3 aromatic rings. The standard InChI is InChI=1S/C25H24N2O2/c1-3-28-23-10-6-5-9-20(23)25-27-22(19-8-4-7-11-24(19)29-25)16-21(26-27)18-14-12-17(2)13-15-18/h4-15,22,25H,3,16H2,1-2H3/t22-,25-/m1/s1. The third-order valence-electron chi connectivity index (χ3n) is 5.57. The van der Waals surface area contributed by atoms with E-state index in [0.717, 1.165) is 29.2 Å². The van der Waals surface area contributed by atoms with Crippen LogP contribution in [0.3, 0.4) is 0 Å². The molecule has 146 valence electrons. The van der Waals surface area contributed by atoms with E-state index >= 15 is 0 Å². The molecule has 0 bridgehead atoms. The first-order valence-electron chi connectivity index (χ1n) is 10.1. The van der Waals surface area contributed by atoms with Gasteiger partial charge in [0.1, 0.15) is 11.5 Å². The monoisotopic (exact) mass is 384 g/mol. The molecule has 0 aliphatic carbocycles. The summed E-state index contributed by atoms with van der Waals surface area (Å²) in [6.07, 6.45) is 0.539. The summed E-state index contributed by atoms with van der Waals surface area (Å²) < 4.78 is 12.4. The molecule has 2 heterocycles. The second-order valence-corrected chi connectivity index (χ2v) is 7.49. The molecule has 5 rings (SSSR count). The molecule has 0 unspecified atom stereocenters. The third-order valence-corrected chi connectivity index (χ3v) is 5.57. The number of hydrazone groups is 1. The molecule has 2 atom stereocenters. The van der Waals surface area contributed by atoms with Gasteiger partial charge < -0.3 is 9.47 Å². The van der Waals surface area contributed by atoms with Crippen molar-refractivity contribution >= 4 is 5.71 Å². The van der Waals surface area contributed by atoms with Gasteiger partial charge in [0.2, 0.25) is 6.23 Å². The second-order valence-electron chi connectivity index (χ2n) is 7.49. The van der Waals surface area contributed by atoms with Crippen molar-refractivity contribution in [3.05, 3.63) is 95.1 Å². The lowest BCUT2D eigenvalue weighted by molar-refractivity contribution is -0.0205. The van der Waals surface area contributed by atoms with E-state index in [0.29, 0.717) is 6.61 Å². The fourth-order valence-corrected chi connectivity index (χ4v) is 4.13. The molecule has 0 saturated heterocycles. The van der Waals surface area contributed by atoms with Crippen molar-refractivity contribution in [2.45, 2.75) is 32.5 Å². The van der Waals surface area contributed by atoms with Gasteiger partial charge >= 0.3 is 0 Å². The first-order valence-corrected chi connectivity index (χ1v) is 10.1. The molecule has 0 amide bonds. The van der Waals surface area contributed by atoms with Crippen molar-refractivity contribution in [3.8, 4) is 11.5 Å². The zero-order chi connectivity index (χ0) is 19.8. The minimum absolute atomic E-state index is 0.149. The van der Waals surface area contributed by atoms with Gasteiger partial charge in [-0.2, -0.15) is 5.10 Å². The Morgan fingerprint density at radius 3 is 2.48 bits per heavy atom. The lowest BCUT2D eigenvalue weighted by Gasteiger charge is -2.38. The summed E-state index contributed by atoms with van der Waals surface area (Å²) in [7, 11) is 0. The number of rotatable bonds is 4. The van der Waals surface area contributed by atoms with E-state index in [1.54, 1.807) is 0 Å². The molecule has 0 fully saturated rings. The van der Waals surface area contributed by atoms with Gasteiger partial charge in [-0.25, -0.2) is 5.01 Å². The first kappa shape index (κ1) is 17.8. The molecular weight excluding hydrogens is 360 g/mol. The van der Waals surface area contributed by atoms with Crippen LogP contribution in [0.5, 0.6) is 11.5 Å². The number of para-hydroxylation sites is 2. The van der Waals surface area contributed by atoms with E-state index in [1.165, 1.54) is 16.7 Å². The van der Waals surface area contributed by atoms with Gasteiger partial charge in [-0.1, -0.05) is 60.2 Å². The molecule has 3 aromatic carbocycles. The van der Waals surface area contributed by atoms with Crippen LogP contribution in [-0.2, 0) is 0 Å². The highest BCUT2D eigenvalue weighted by molar-refractivity contribution is 6.02. The van der Waals surface area contributed by atoms with Gasteiger partial charge in [0.25, 0.3) is 0 Å². The summed E-state index contributed by atoms with van der Waals surface area (Å²) in [5.74, 6) is 1.77. The van der Waals surface area contributed by atoms with Crippen LogP contribution < -0.4 is 9.47 Å². The summed E-state index contributed by atoms with van der Waals surface area (Å²) in [6, 6.07) is 25.1. The molecule has 0 saturated carbocycles. The van der Waals surface area contributed by atoms with Crippen LogP contribution in [0.25, 0.3) is 0 Å². The quantitative estimate of drug-likeness (QED) is 0.584. The van der Waals surface area contributed by atoms with Crippen LogP contribution in [0, 0.1) is 6.92 Å². The Morgan fingerprint density at radius 2 is 1.69 bits per heavy atom. The fraction of sp³-hybridized carbons (Fsp3) is 0.240. The van der Waals surface area contributed by atoms with E-state index in [4.69, 9.17) is 14.6 Å². The fourth-order valence-electron chi connectivity index (χ4n) is 4.13. The van der Waals surface area contributed by atoms with Crippen molar-refractivity contribution in [2.24, 2.45) is 5.10 Å². The minimum Gasteiger partial charge on any atom is -0.493 e. The summed E-state index contributed by atoms with van der Waals surface area (Å²) in [5, 5.41) is 7.14. The maximum absolute atomic E-state index is 6.46. The van der Waals surface area contributed by atoms with E-state index in [2.05, 4.69) is 54.4 Å². The highest BCUT2D eigenvalue weighted by Crippen LogP contribution is 2.48. The number of ether oxygens (including phenoxy) is 2. The molecule has 4 nitrogen and oxygen atoms in total. The van der Waals surface area contributed by atoms with Crippen LogP contribution in [0.15, 0.2) is 77.9 Å². The molecule has 0 spiro atoms. The number of benzene rings is 3. The van der Waals surface area contributed by atoms with Crippen LogP contribution in [0.2, 0.25) is 0 Å². The van der Waals surface area contributed by atoms with Gasteiger partial charge in [0, 0.05) is 12.0 Å². The zero-order valence-corrected chi connectivity index (χ0v) is 16.7. The molecule has 2 aliphatic rings. The summed E-state index contributed by atoms with van der Waals surface area (Å²) >= 11 is 0. The van der Waals surface area contributed by atoms with Gasteiger partial charge in [-0.15, -0.1) is 0 Å². The highest BCUT2D eigenvalue weighted by atomic mass is 16.5. The van der Waals surface area contributed by atoms with Crippen molar-refractivity contribution in [3.63, 3.8) is 0 Å². The maximum atomic E-state index is 6.46. The number of hydrogen-bond donors (Lipinski definition) is 0. The third kappa shape index (κ3) is 3.15. The molecule has 0 radical (unpaired) electrons. The summed E-state index contributed by atoms with van der Waals surface area (Å²) in [6.45, 7) is 4.72. The average molecular weight is 384 g/mol. The molecule has 4 heteroatoms. The lowest BCUT2D eigenvalue weighted by atomic mass is 9.95. The average Bonchev–Trinajstić information content (AvgIpc) is 3.20. The molecule has 0 N–H and O–H groups in total. The normalized spacial score (nSPS) is 19.8. The maximum Gasteiger partial charge on any atom is 0.217 e. The first-order chi connectivity index (χ1) is 14.2. The van der Waals surface area contributed by atoms with Gasteiger partial charge in [-0.3, -0.25) is 0 Å². The number of fused-ring (bicyclic) bond motifs is 3. The Kier molecular flexibility index (Phi) is 4.47. The summed E-state index contributed by atoms with van der Waals surface area (Å²) in [5.41, 5.74) is 5.70. The minimum atomic E-state index is -0.319. The summed E-state index contributed by atoms with van der Waals surface area (Å²) in [4.78, 5) is 0. The van der Waals surface area contributed by atoms with E-state index in [1.807, 2.05) is 37.3 Å². The van der Waals surface area contributed by atoms with Gasteiger partial charge in [0.15, 0.2) is 0 Å². The Labute approximate surface area is 171 Å². The largest absolute Gasteiger partial charge is 0.493 e. The topological polar surface area (TPSA) is 34.1 Å². The lowest BCUT2D eigenvalue weighted by Crippen LogP contribution is -2.34. The van der Waals surface area contributed by atoms with Crippen molar-refractivity contribution in [2.75, 3.05) is 6.61 Å². The van der Waals surface area contributed by atoms with Gasteiger partial charge in [-0.05, 0) is 37.6 Å². The molecular formula is C25H24N2O2. The second kappa shape index (κ2) is 7.28. The predicted molar refractivity (Wildman–Crippen MR) is 114 cm³/mol. The van der Waals surface area contributed by atoms with E-state index < -0.39 is 0 Å². The Bertz CT molecular complexity index is 1060. The zero-order valence-electron chi connectivity index (χ0n) is 16.7. The van der Waals surface area contributed by atoms with Crippen LogP contribution in [-0.4, -0.2) is 17.3 Å². The van der Waals surface area contributed by atoms with E-state index in [-0.39, 0.29) is 12.3 Å². The molecule has 2 aliphatic heterocycles. The SMILES string of the molecule is CCOc1ccccc1[C@H]1Oc2ccccc2[C@H]2CC(c3ccc(C)cc3)=NN21. The van der Waals surface area contributed by atoms with Crippen molar-refractivity contribution < 1.29 is 9.47 Å². The Balaban J connectivity index is 1.60. The highest BCUT2D eigenvalue weighted by Gasteiger charge is 2.41. The predicted octanol–water partition coefficient (Wildman–Crippen LogP) is 5.64. The van der Waals surface area contributed by atoms with Gasteiger partial charge in [0.05, 0.1) is 23.9 Å². The number of hydrogen-bond acceptors (Lipinski definition) is 4. The van der Waals surface area contributed by atoms with Crippen molar-refractivity contribution in [1.29, 1.82) is 0 Å². The van der Waals surface area contributed by atoms with Crippen LogP contribution in [0.1, 0.15) is 47.9 Å². The van der Waals surface area contributed by atoms with E-state index in [9.17, 15) is 0 Å². The smallest absolute Gasteiger partial charge is 0.217 e. The Morgan fingerprint density at radius 1 is 0.966 bits per heavy atom. The van der Waals surface area contributed by atoms with Crippen molar-refractivity contribution in [1.82, 2.24) is 5.01 Å². The molecule has 0 aromatic heterocycles.